The second-order valence-electron chi connectivity index (χ2n) is 3.34. The molecule has 1 saturated heterocycles. The monoisotopic (exact) mass is 184 g/mol. The van der Waals surface area contributed by atoms with Crippen molar-refractivity contribution in [1.82, 2.24) is 0 Å². The fourth-order valence-corrected chi connectivity index (χ4v) is 1.10. The predicted molar refractivity (Wildman–Crippen MR) is 49.0 cm³/mol. The normalized spacial score (nSPS) is 23.8. The summed E-state index contributed by atoms with van der Waals surface area (Å²) >= 11 is 0. The topological polar surface area (TPSA) is 35.5 Å². The van der Waals surface area contributed by atoms with Gasteiger partial charge in [-0.15, -0.1) is 0 Å². The molecule has 0 spiro atoms. The summed E-state index contributed by atoms with van der Waals surface area (Å²) in [4.78, 5) is 11.4. The third-order valence-electron chi connectivity index (χ3n) is 2.30. The molecule has 1 heterocycles. The minimum atomic E-state index is -0.221. The lowest BCUT2D eigenvalue weighted by Crippen LogP contribution is -2.21. The Morgan fingerprint density at radius 3 is 3.00 bits per heavy atom. The summed E-state index contributed by atoms with van der Waals surface area (Å²) in [6.45, 7) is 8.11. The van der Waals surface area contributed by atoms with Crippen molar-refractivity contribution in [3.05, 3.63) is 12.3 Å². The largest absolute Gasteiger partial charge is 0.494 e. The van der Waals surface area contributed by atoms with Crippen LogP contribution in [-0.4, -0.2) is 18.7 Å². The summed E-state index contributed by atoms with van der Waals surface area (Å²) in [6, 6.07) is 0. The Kier molecular flexibility index (Phi) is 3.34. The quantitative estimate of drug-likeness (QED) is 0.628. The third kappa shape index (κ3) is 2.47. The van der Waals surface area contributed by atoms with Gasteiger partial charge in [0.25, 0.3) is 0 Å². The van der Waals surface area contributed by atoms with Crippen LogP contribution in [0.5, 0.6) is 0 Å². The first-order valence-electron chi connectivity index (χ1n) is 4.67. The van der Waals surface area contributed by atoms with Crippen LogP contribution in [0.2, 0.25) is 0 Å². The van der Waals surface area contributed by atoms with Crippen molar-refractivity contribution in [3.8, 4) is 0 Å². The molecule has 2 atom stereocenters. The van der Waals surface area contributed by atoms with E-state index in [-0.39, 0.29) is 18.0 Å². The molecule has 13 heavy (non-hydrogen) atoms. The van der Waals surface area contributed by atoms with Gasteiger partial charge in [0.15, 0.2) is 6.10 Å². The summed E-state index contributed by atoms with van der Waals surface area (Å²) in [5, 5.41) is 0. The third-order valence-corrected chi connectivity index (χ3v) is 2.30. The molecule has 0 saturated carbocycles. The van der Waals surface area contributed by atoms with Crippen LogP contribution in [0.15, 0.2) is 12.3 Å². The van der Waals surface area contributed by atoms with E-state index < -0.39 is 0 Å². The number of hydrogen-bond donors (Lipinski definition) is 0. The van der Waals surface area contributed by atoms with Gasteiger partial charge in [0.1, 0.15) is 5.76 Å². The summed E-state index contributed by atoms with van der Waals surface area (Å²) in [5.74, 6) is 0.393. The number of carbonyl (C=O) groups is 1. The molecule has 0 bridgehead atoms. The molecule has 1 fully saturated rings. The maximum absolute atomic E-state index is 11.4. The molecule has 0 amide bonds. The van der Waals surface area contributed by atoms with E-state index in [1.54, 1.807) is 0 Å². The molecular weight excluding hydrogens is 168 g/mol. The second kappa shape index (κ2) is 4.30. The Morgan fingerprint density at radius 1 is 1.85 bits per heavy atom. The van der Waals surface area contributed by atoms with Crippen molar-refractivity contribution < 1.29 is 14.3 Å². The minimum absolute atomic E-state index is 0.0339. The molecule has 0 aromatic rings. The van der Waals surface area contributed by atoms with Crippen molar-refractivity contribution in [2.45, 2.75) is 32.8 Å². The van der Waals surface area contributed by atoms with Crippen LogP contribution in [0.4, 0.5) is 0 Å². The van der Waals surface area contributed by atoms with E-state index in [1.165, 1.54) is 0 Å². The Bertz CT molecular complexity index is 210. The molecule has 1 aliphatic heterocycles. The van der Waals surface area contributed by atoms with E-state index >= 15 is 0 Å². The van der Waals surface area contributed by atoms with E-state index in [1.807, 2.05) is 13.8 Å². The lowest BCUT2D eigenvalue weighted by molar-refractivity contribution is -0.151. The zero-order valence-electron chi connectivity index (χ0n) is 8.21. The van der Waals surface area contributed by atoms with Gasteiger partial charge in [0.05, 0.1) is 12.5 Å². The van der Waals surface area contributed by atoms with Crippen molar-refractivity contribution >= 4 is 5.97 Å². The summed E-state index contributed by atoms with van der Waals surface area (Å²) in [5.41, 5.74) is 0. The SMILES string of the molecule is C=C1OCCC1OC(=O)C(C)CC. The van der Waals surface area contributed by atoms with Crippen LogP contribution < -0.4 is 0 Å². The van der Waals surface area contributed by atoms with Crippen molar-refractivity contribution in [1.29, 1.82) is 0 Å². The fourth-order valence-electron chi connectivity index (χ4n) is 1.10. The van der Waals surface area contributed by atoms with Gasteiger partial charge in [-0.05, 0) is 6.42 Å². The average Bonchev–Trinajstić information content (AvgIpc) is 2.50. The van der Waals surface area contributed by atoms with Gasteiger partial charge in [0, 0.05) is 6.42 Å². The van der Waals surface area contributed by atoms with Gasteiger partial charge in [-0.1, -0.05) is 20.4 Å². The number of carbonyl (C=O) groups excluding carboxylic acids is 1. The van der Waals surface area contributed by atoms with Crippen LogP contribution in [0.1, 0.15) is 26.7 Å². The summed E-state index contributed by atoms with van der Waals surface area (Å²) in [6.07, 6.45) is 1.32. The first-order chi connectivity index (χ1) is 6.15. The van der Waals surface area contributed by atoms with Gasteiger partial charge >= 0.3 is 5.97 Å². The van der Waals surface area contributed by atoms with Crippen molar-refractivity contribution in [2.75, 3.05) is 6.61 Å². The zero-order chi connectivity index (χ0) is 9.84. The lowest BCUT2D eigenvalue weighted by atomic mass is 10.1. The molecule has 2 unspecified atom stereocenters. The predicted octanol–water partition coefficient (Wildman–Crippen LogP) is 1.88. The molecule has 0 aromatic carbocycles. The Balaban J connectivity index is 2.39. The van der Waals surface area contributed by atoms with E-state index in [0.29, 0.717) is 12.4 Å². The first-order valence-corrected chi connectivity index (χ1v) is 4.67. The molecule has 0 aromatic heterocycles. The van der Waals surface area contributed by atoms with Gasteiger partial charge in [-0.3, -0.25) is 4.79 Å². The van der Waals surface area contributed by atoms with E-state index in [2.05, 4.69) is 6.58 Å². The van der Waals surface area contributed by atoms with Gasteiger partial charge < -0.3 is 9.47 Å². The van der Waals surface area contributed by atoms with Crippen LogP contribution in [0.3, 0.4) is 0 Å². The van der Waals surface area contributed by atoms with Crippen molar-refractivity contribution in [3.63, 3.8) is 0 Å². The second-order valence-corrected chi connectivity index (χ2v) is 3.34. The molecule has 1 rings (SSSR count). The number of rotatable bonds is 3. The average molecular weight is 184 g/mol. The lowest BCUT2D eigenvalue weighted by Gasteiger charge is -2.13. The molecule has 74 valence electrons. The molecule has 1 aliphatic rings. The van der Waals surface area contributed by atoms with Crippen LogP contribution in [0.25, 0.3) is 0 Å². The molecule has 3 heteroatoms. The summed E-state index contributed by atoms with van der Waals surface area (Å²) in [7, 11) is 0. The van der Waals surface area contributed by atoms with Gasteiger partial charge in [-0.25, -0.2) is 0 Å². The van der Waals surface area contributed by atoms with E-state index in [4.69, 9.17) is 9.47 Å². The minimum Gasteiger partial charge on any atom is -0.494 e. The van der Waals surface area contributed by atoms with Gasteiger partial charge in [-0.2, -0.15) is 0 Å². The number of hydrogen-bond acceptors (Lipinski definition) is 3. The maximum atomic E-state index is 11.4. The molecule has 0 aliphatic carbocycles. The number of esters is 1. The standard InChI is InChI=1S/C10H16O3/c1-4-7(2)10(11)13-9-5-6-12-8(9)3/h7,9H,3-6H2,1-2H3. The smallest absolute Gasteiger partial charge is 0.309 e. The van der Waals surface area contributed by atoms with Crippen LogP contribution in [-0.2, 0) is 14.3 Å². The zero-order valence-corrected chi connectivity index (χ0v) is 8.21. The molecule has 0 N–H and O–H groups in total. The maximum Gasteiger partial charge on any atom is 0.309 e. The molecule has 3 nitrogen and oxygen atoms in total. The summed E-state index contributed by atoms with van der Waals surface area (Å²) < 4.78 is 10.3. The number of ether oxygens (including phenoxy) is 2. The van der Waals surface area contributed by atoms with Crippen molar-refractivity contribution in [2.24, 2.45) is 5.92 Å². The highest BCUT2D eigenvalue weighted by molar-refractivity contribution is 5.72. The molecule has 0 radical (unpaired) electrons. The first kappa shape index (κ1) is 10.1. The van der Waals surface area contributed by atoms with Gasteiger partial charge in [0.2, 0.25) is 0 Å². The van der Waals surface area contributed by atoms with E-state index in [9.17, 15) is 4.79 Å². The fraction of sp³-hybridized carbons (Fsp3) is 0.700. The van der Waals surface area contributed by atoms with Crippen LogP contribution >= 0.6 is 0 Å². The Hall–Kier alpha value is -0.990. The highest BCUT2D eigenvalue weighted by atomic mass is 16.6. The Labute approximate surface area is 78.7 Å². The van der Waals surface area contributed by atoms with E-state index in [0.717, 1.165) is 12.8 Å². The molecular formula is C10H16O3. The van der Waals surface area contributed by atoms with Crippen LogP contribution in [0, 0.1) is 5.92 Å². The Morgan fingerprint density at radius 2 is 2.54 bits per heavy atom. The highest BCUT2D eigenvalue weighted by Crippen LogP contribution is 2.20. The highest BCUT2D eigenvalue weighted by Gasteiger charge is 2.26.